The first kappa shape index (κ1) is 19.0. The number of amides is 1. The lowest BCUT2D eigenvalue weighted by atomic mass is 10.1. The minimum Gasteiger partial charge on any atom is -0.497 e. The molecule has 27 heavy (non-hydrogen) atoms. The SMILES string of the molecule is COC(=O)C(NC(=O)Cc1coc2cc(OC)ccc12)c1ccc(Br)cc1. The van der Waals surface area contributed by atoms with Crippen LogP contribution in [-0.2, 0) is 20.7 Å². The van der Waals surface area contributed by atoms with Gasteiger partial charge in [-0.3, -0.25) is 4.79 Å². The first-order valence-corrected chi connectivity index (χ1v) is 8.98. The normalized spacial score (nSPS) is 11.8. The zero-order valence-corrected chi connectivity index (χ0v) is 16.4. The van der Waals surface area contributed by atoms with E-state index in [0.717, 1.165) is 15.4 Å². The van der Waals surface area contributed by atoms with Gasteiger partial charge in [-0.05, 0) is 29.8 Å². The van der Waals surface area contributed by atoms with Crippen LogP contribution in [0.3, 0.4) is 0 Å². The van der Waals surface area contributed by atoms with Crippen LogP contribution in [-0.4, -0.2) is 26.1 Å². The van der Waals surface area contributed by atoms with Gasteiger partial charge in [0.2, 0.25) is 5.91 Å². The number of fused-ring (bicyclic) bond motifs is 1. The van der Waals surface area contributed by atoms with Gasteiger partial charge in [-0.1, -0.05) is 28.1 Å². The Hall–Kier alpha value is -2.80. The number of rotatable bonds is 6. The molecule has 1 amide bonds. The Morgan fingerprint density at radius 3 is 2.56 bits per heavy atom. The van der Waals surface area contributed by atoms with Gasteiger partial charge < -0.3 is 19.2 Å². The molecule has 0 aliphatic carbocycles. The summed E-state index contributed by atoms with van der Waals surface area (Å²) < 4.78 is 16.4. The Kier molecular flexibility index (Phi) is 5.81. The molecular formula is C20H18BrNO5. The molecule has 0 bridgehead atoms. The van der Waals surface area contributed by atoms with E-state index in [9.17, 15) is 9.59 Å². The van der Waals surface area contributed by atoms with Gasteiger partial charge >= 0.3 is 5.97 Å². The minimum absolute atomic E-state index is 0.0728. The highest BCUT2D eigenvalue weighted by Crippen LogP contribution is 2.26. The van der Waals surface area contributed by atoms with Crippen LogP contribution >= 0.6 is 15.9 Å². The molecule has 0 aliphatic rings. The lowest BCUT2D eigenvalue weighted by Crippen LogP contribution is -2.35. The quantitative estimate of drug-likeness (QED) is 0.600. The van der Waals surface area contributed by atoms with Gasteiger partial charge in [0.05, 0.1) is 26.9 Å². The molecule has 1 atom stereocenters. The molecule has 7 heteroatoms. The molecule has 2 aromatic carbocycles. The summed E-state index contributed by atoms with van der Waals surface area (Å²) >= 11 is 3.35. The number of furan rings is 1. The van der Waals surface area contributed by atoms with Crippen LogP contribution in [0.1, 0.15) is 17.2 Å². The second kappa shape index (κ2) is 8.26. The average molecular weight is 432 g/mol. The fourth-order valence-electron chi connectivity index (χ4n) is 2.76. The number of halogens is 1. The number of hydrogen-bond acceptors (Lipinski definition) is 5. The van der Waals surface area contributed by atoms with Crippen molar-refractivity contribution in [3.8, 4) is 5.75 Å². The molecule has 1 heterocycles. The Morgan fingerprint density at radius 1 is 1.15 bits per heavy atom. The topological polar surface area (TPSA) is 77.8 Å². The molecule has 140 valence electrons. The molecule has 0 spiro atoms. The molecular weight excluding hydrogens is 414 g/mol. The standard InChI is InChI=1S/C20H18BrNO5/c1-25-15-7-8-16-13(11-27-17(16)10-15)9-18(23)22-19(20(24)26-2)12-3-5-14(21)6-4-12/h3-8,10-11,19H,9H2,1-2H3,(H,22,23). The number of methoxy groups -OCH3 is 2. The third-order valence-corrected chi connectivity index (χ3v) is 4.69. The van der Waals surface area contributed by atoms with Crippen molar-refractivity contribution >= 4 is 38.8 Å². The fourth-order valence-corrected chi connectivity index (χ4v) is 3.03. The average Bonchev–Trinajstić information content (AvgIpc) is 3.08. The van der Waals surface area contributed by atoms with E-state index in [1.54, 1.807) is 43.5 Å². The van der Waals surface area contributed by atoms with E-state index >= 15 is 0 Å². The minimum atomic E-state index is -0.881. The number of carbonyl (C=O) groups excluding carboxylic acids is 2. The Bertz CT molecular complexity index is 964. The first-order chi connectivity index (χ1) is 13.0. The number of benzene rings is 2. The predicted molar refractivity (Wildman–Crippen MR) is 104 cm³/mol. The third-order valence-electron chi connectivity index (χ3n) is 4.16. The summed E-state index contributed by atoms with van der Waals surface area (Å²) in [6.45, 7) is 0. The zero-order chi connectivity index (χ0) is 19.4. The Labute approximate surface area is 164 Å². The third kappa shape index (κ3) is 4.31. The van der Waals surface area contributed by atoms with Gasteiger partial charge in [-0.2, -0.15) is 0 Å². The second-order valence-electron chi connectivity index (χ2n) is 5.88. The fraction of sp³-hybridized carbons (Fsp3) is 0.200. The largest absolute Gasteiger partial charge is 0.497 e. The highest BCUT2D eigenvalue weighted by Gasteiger charge is 2.24. The molecule has 1 N–H and O–H groups in total. The molecule has 0 fully saturated rings. The van der Waals surface area contributed by atoms with Crippen molar-refractivity contribution in [3.63, 3.8) is 0 Å². The van der Waals surface area contributed by atoms with Gasteiger partial charge in [-0.15, -0.1) is 0 Å². The molecule has 0 radical (unpaired) electrons. The van der Waals surface area contributed by atoms with Gasteiger partial charge in [0.25, 0.3) is 0 Å². The van der Waals surface area contributed by atoms with E-state index < -0.39 is 12.0 Å². The van der Waals surface area contributed by atoms with Crippen molar-refractivity contribution in [2.24, 2.45) is 0 Å². The number of carbonyl (C=O) groups is 2. The summed E-state index contributed by atoms with van der Waals surface area (Å²) in [7, 11) is 2.87. The van der Waals surface area contributed by atoms with Gasteiger partial charge in [0, 0.05) is 21.5 Å². The maximum atomic E-state index is 12.6. The Morgan fingerprint density at radius 2 is 1.89 bits per heavy atom. The molecule has 1 aromatic heterocycles. The zero-order valence-electron chi connectivity index (χ0n) is 14.8. The van der Waals surface area contributed by atoms with E-state index in [2.05, 4.69) is 21.2 Å². The van der Waals surface area contributed by atoms with Crippen LogP contribution in [0.2, 0.25) is 0 Å². The van der Waals surface area contributed by atoms with Gasteiger partial charge in [0.15, 0.2) is 6.04 Å². The summed E-state index contributed by atoms with van der Waals surface area (Å²) in [5.74, 6) is -0.173. The molecule has 6 nitrogen and oxygen atoms in total. The van der Waals surface area contributed by atoms with Crippen molar-refractivity contribution in [3.05, 3.63) is 64.3 Å². The van der Waals surface area contributed by atoms with E-state index in [1.165, 1.54) is 13.4 Å². The molecule has 1 unspecified atom stereocenters. The predicted octanol–water partition coefficient (Wildman–Crippen LogP) is 3.78. The van der Waals surface area contributed by atoms with Crippen LogP contribution in [0.5, 0.6) is 5.75 Å². The lowest BCUT2D eigenvalue weighted by Gasteiger charge is -2.17. The number of ether oxygens (including phenoxy) is 2. The van der Waals surface area contributed by atoms with Crippen LogP contribution in [0.4, 0.5) is 0 Å². The summed E-state index contributed by atoms with van der Waals surface area (Å²) in [4.78, 5) is 24.7. The molecule has 0 aliphatic heterocycles. The summed E-state index contributed by atoms with van der Waals surface area (Å²) in [6, 6.07) is 11.6. The summed E-state index contributed by atoms with van der Waals surface area (Å²) in [5.41, 5.74) is 2.00. The molecule has 3 rings (SSSR count). The number of nitrogens with one attached hydrogen (secondary N) is 1. The van der Waals surface area contributed by atoms with Gasteiger partial charge in [0.1, 0.15) is 11.3 Å². The second-order valence-corrected chi connectivity index (χ2v) is 6.79. The van der Waals surface area contributed by atoms with E-state index in [-0.39, 0.29) is 12.3 Å². The highest BCUT2D eigenvalue weighted by atomic mass is 79.9. The van der Waals surface area contributed by atoms with Gasteiger partial charge in [-0.25, -0.2) is 4.79 Å². The Balaban J connectivity index is 1.78. The summed E-state index contributed by atoms with van der Waals surface area (Å²) in [5, 5.41) is 3.56. The monoisotopic (exact) mass is 431 g/mol. The smallest absolute Gasteiger partial charge is 0.333 e. The van der Waals surface area contributed by atoms with E-state index in [0.29, 0.717) is 16.9 Å². The first-order valence-electron chi connectivity index (χ1n) is 8.18. The molecule has 0 saturated heterocycles. The van der Waals surface area contributed by atoms with Crippen LogP contribution in [0, 0.1) is 0 Å². The van der Waals surface area contributed by atoms with Crippen LogP contribution < -0.4 is 10.1 Å². The van der Waals surface area contributed by atoms with Crippen molar-refractivity contribution < 1.29 is 23.5 Å². The summed E-state index contributed by atoms with van der Waals surface area (Å²) in [6.07, 6.45) is 1.61. The molecule has 0 saturated carbocycles. The van der Waals surface area contributed by atoms with E-state index in [1.807, 2.05) is 6.07 Å². The highest BCUT2D eigenvalue weighted by molar-refractivity contribution is 9.10. The van der Waals surface area contributed by atoms with Crippen molar-refractivity contribution in [1.82, 2.24) is 5.32 Å². The van der Waals surface area contributed by atoms with Crippen LogP contribution in [0.15, 0.2) is 57.6 Å². The van der Waals surface area contributed by atoms with Crippen molar-refractivity contribution in [2.45, 2.75) is 12.5 Å². The van der Waals surface area contributed by atoms with Crippen LogP contribution in [0.25, 0.3) is 11.0 Å². The number of esters is 1. The van der Waals surface area contributed by atoms with Crippen molar-refractivity contribution in [2.75, 3.05) is 14.2 Å². The molecule has 3 aromatic rings. The van der Waals surface area contributed by atoms with Crippen molar-refractivity contribution in [1.29, 1.82) is 0 Å². The maximum absolute atomic E-state index is 12.6. The van der Waals surface area contributed by atoms with E-state index in [4.69, 9.17) is 13.9 Å². The number of hydrogen-bond donors (Lipinski definition) is 1. The lowest BCUT2D eigenvalue weighted by molar-refractivity contribution is -0.145. The maximum Gasteiger partial charge on any atom is 0.333 e.